The van der Waals surface area contributed by atoms with Gasteiger partial charge in [0.25, 0.3) is 0 Å². The van der Waals surface area contributed by atoms with Gasteiger partial charge in [0.15, 0.2) is 5.82 Å². The van der Waals surface area contributed by atoms with Gasteiger partial charge >= 0.3 is 0 Å². The van der Waals surface area contributed by atoms with Crippen LogP contribution in [0.4, 0.5) is 5.82 Å². The third kappa shape index (κ3) is 4.30. The predicted molar refractivity (Wildman–Crippen MR) is 76.5 cm³/mol. The molecule has 2 rings (SSSR count). The van der Waals surface area contributed by atoms with Crippen LogP contribution in [0.3, 0.4) is 0 Å². The Morgan fingerprint density at radius 1 is 1.53 bits per heavy atom. The molecule has 0 saturated carbocycles. The van der Waals surface area contributed by atoms with Crippen molar-refractivity contribution >= 4 is 17.4 Å². The van der Waals surface area contributed by atoms with E-state index in [1.807, 2.05) is 6.92 Å². The van der Waals surface area contributed by atoms with Crippen LogP contribution >= 0.6 is 11.6 Å². The molecule has 5 nitrogen and oxygen atoms in total. The number of halogens is 1. The summed E-state index contributed by atoms with van der Waals surface area (Å²) in [6.45, 7) is 5.05. The molecule has 1 saturated heterocycles. The van der Waals surface area contributed by atoms with Crippen LogP contribution in [-0.2, 0) is 11.3 Å². The molecule has 1 unspecified atom stereocenters. The summed E-state index contributed by atoms with van der Waals surface area (Å²) in [5.41, 5.74) is 0. The Morgan fingerprint density at radius 2 is 2.37 bits per heavy atom. The molecule has 19 heavy (non-hydrogen) atoms. The second-order valence-corrected chi connectivity index (χ2v) is 5.17. The minimum absolute atomic E-state index is 0.398. The third-order valence-corrected chi connectivity index (χ3v) is 3.56. The van der Waals surface area contributed by atoms with E-state index < -0.39 is 0 Å². The zero-order chi connectivity index (χ0) is 13.7. The van der Waals surface area contributed by atoms with E-state index in [0.717, 1.165) is 12.4 Å². The highest BCUT2D eigenvalue weighted by Crippen LogP contribution is 2.17. The van der Waals surface area contributed by atoms with E-state index in [1.54, 1.807) is 6.07 Å². The van der Waals surface area contributed by atoms with Gasteiger partial charge in [0.1, 0.15) is 17.6 Å². The van der Waals surface area contributed by atoms with Crippen molar-refractivity contribution in [1.29, 1.82) is 0 Å². The van der Waals surface area contributed by atoms with Gasteiger partial charge in [-0.3, -0.25) is 0 Å². The first-order valence-electron chi connectivity index (χ1n) is 6.74. The van der Waals surface area contributed by atoms with Crippen LogP contribution in [0.25, 0.3) is 0 Å². The lowest BCUT2D eigenvalue weighted by Crippen LogP contribution is -2.31. The largest absolute Gasteiger partial charge is 0.374 e. The van der Waals surface area contributed by atoms with Crippen LogP contribution in [0.5, 0.6) is 0 Å². The lowest BCUT2D eigenvalue weighted by atomic mass is 10.2. The highest BCUT2D eigenvalue weighted by molar-refractivity contribution is 6.29. The molecule has 1 aromatic rings. The molecule has 2 heterocycles. The van der Waals surface area contributed by atoms with Gasteiger partial charge in [0, 0.05) is 25.3 Å². The lowest BCUT2D eigenvalue weighted by molar-refractivity contribution is 0.128. The molecular formula is C13H21ClN4O. The standard InChI is InChI=1S/C13H21ClN4O/c1-3-19-9-13-16-11(14)7-12(17-13)15-8-10-5-4-6-18(10)2/h7,10H,3-6,8-9H2,1-2H3,(H,15,16,17). The Morgan fingerprint density at radius 3 is 3.05 bits per heavy atom. The fourth-order valence-corrected chi connectivity index (χ4v) is 2.47. The highest BCUT2D eigenvalue weighted by atomic mass is 35.5. The normalized spacial score (nSPS) is 19.8. The summed E-state index contributed by atoms with van der Waals surface area (Å²) in [4.78, 5) is 10.9. The molecule has 1 N–H and O–H groups in total. The monoisotopic (exact) mass is 284 g/mol. The van der Waals surface area contributed by atoms with Crippen molar-refractivity contribution in [3.05, 3.63) is 17.0 Å². The molecule has 6 heteroatoms. The van der Waals surface area contributed by atoms with E-state index in [2.05, 4.69) is 27.2 Å². The fraction of sp³-hybridized carbons (Fsp3) is 0.692. The maximum atomic E-state index is 6.00. The molecule has 0 spiro atoms. The van der Waals surface area contributed by atoms with Gasteiger partial charge in [0.05, 0.1) is 0 Å². The summed E-state index contributed by atoms with van der Waals surface area (Å²) in [5, 5.41) is 3.79. The van der Waals surface area contributed by atoms with Crippen molar-refractivity contribution in [3.63, 3.8) is 0 Å². The Labute approximate surface area is 119 Å². The number of hydrogen-bond donors (Lipinski definition) is 1. The zero-order valence-electron chi connectivity index (χ0n) is 11.5. The van der Waals surface area contributed by atoms with Crippen molar-refractivity contribution in [2.75, 3.05) is 32.1 Å². The van der Waals surface area contributed by atoms with Gasteiger partial charge in [-0.1, -0.05) is 11.6 Å². The van der Waals surface area contributed by atoms with E-state index in [9.17, 15) is 0 Å². The molecule has 0 aromatic carbocycles. The van der Waals surface area contributed by atoms with E-state index in [1.165, 1.54) is 19.4 Å². The number of anilines is 1. The lowest BCUT2D eigenvalue weighted by Gasteiger charge is -2.20. The number of likely N-dealkylation sites (tertiary alicyclic amines) is 1. The van der Waals surface area contributed by atoms with Gasteiger partial charge in [-0.2, -0.15) is 0 Å². The zero-order valence-corrected chi connectivity index (χ0v) is 12.3. The van der Waals surface area contributed by atoms with E-state index in [4.69, 9.17) is 16.3 Å². The van der Waals surface area contributed by atoms with Crippen molar-refractivity contribution in [2.24, 2.45) is 0 Å². The Balaban J connectivity index is 1.93. The predicted octanol–water partition coefficient (Wildman–Crippen LogP) is 2.17. The first-order chi connectivity index (χ1) is 9.19. The van der Waals surface area contributed by atoms with Gasteiger partial charge in [-0.05, 0) is 33.4 Å². The number of likely N-dealkylation sites (N-methyl/N-ethyl adjacent to an activating group) is 1. The maximum Gasteiger partial charge on any atom is 0.158 e. The summed E-state index contributed by atoms with van der Waals surface area (Å²) in [7, 11) is 2.16. The second kappa shape index (κ2) is 7.03. The van der Waals surface area contributed by atoms with Crippen LogP contribution in [0.1, 0.15) is 25.6 Å². The molecule has 106 valence electrons. The van der Waals surface area contributed by atoms with Gasteiger partial charge in [-0.25, -0.2) is 9.97 Å². The van der Waals surface area contributed by atoms with E-state index >= 15 is 0 Å². The SMILES string of the molecule is CCOCc1nc(Cl)cc(NCC2CCCN2C)n1. The van der Waals surface area contributed by atoms with E-state index in [-0.39, 0.29) is 0 Å². The molecule has 0 aliphatic carbocycles. The van der Waals surface area contributed by atoms with Gasteiger partial charge in [-0.15, -0.1) is 0 Å². The molecule has 0 radical (unpaired) electrons. The van der Waals surface area contributed by atoms with Crippen molar-refractivity contribution in [3.8, 4) is 0 Å². The van der Waals surface area contributed by atoms with Gasteiger partial charge in [0.2, 0.25) is 0 Å². The topological polar surface area (TPSA) is 50.3 Å². The Bertz CT molecular complexity index is 416. The van der Waals surface area contributed by atoms with E-state index in [0.29, 0.717) is 30.2 Å². The van der Waals surface area contributed by atoms with Crippen LogP contribution < -0.4 is 5.32 Å². The number of nitrogens with zero attached hydrogens (tertiary/aromatic N) is 3. The summed E-state index contributed by atoms with van der Waals surface area (Å²) < 4.78 is 5.30. The number of nitrogens with one attached hydrogen (secondary N) is 1. The second-order valence-electron chi connectivity index (χ2n) is 4.79. The smallest absolute Gasteiger partial charge is 0.158 e. The molecular weight excluding hydrogens is 264 g/mol. The van der Waals surface area contributed by atoms with Crippen LogP contribution in [0.2, 0.25) is 5.15 Å². The first kappa shape index (κ1) is 14.5. The molecule has 0 amide bonds. The summed E-state index contributed by atoms with van der Waals surface area (Å²) in [6.07, 6.45) is 2.50. The summed E-state index contributed by atoms with van der Waals surface area (Å²) >= 11 is 6.00. The van der Waals surface area contributed by atoms with Crippen LogP contribution in [-0.4, -0.2) is 47.7 Å². The minimum atomic E-state index is 0.398. The van der Waals surface area contributed by atoms with Crippen LogP contribution in [0, 0.1) is 0 Å². The van der Waals surface area contributed by atoms with Gasteiger partial charge < -0.3 is 15.0 Å². The van der Waals surface area contributed by atoms with Crippen molar-refractivity contribution < 1.29 is 4.74 Å². The van der Waals surface area contributed by atoms with Crippen molar-refractivity contribution in [2.45, 2.75) is 32.4 Å². The first-order valence-corrected chi connectivity index (χ1v) is 7.12. The summed E-state index contributed by atoms with van der Waals surface area (Å²) in [5.74, 6) is 1.40. The number of aromatic nitrogens is 2. The van der Waals surface area contributed by atoms with Crippen molar-refractivity contribution in [1.82, 2.24) is 14.9 Å². The average molecular weight is 285 g/mol. The maximum absolute atomic E-state index is 6.00. The molecule has 1 aliphatic rings. The Hall–Kier alpha value is -0.910. The molecule has 1 fully saturated rings. The molecule has 1 aromatic heterocycles. The fourth-order valence-electron chi connectivity index (χ4n) is 2.27. The third-order valence-electron chi connectivity index (χ3n) is 3.37. The quantitative estimate of drug-likeness (QED) is 0.812. The molecule has 0 bridgehead atoms. The highest BCUT2D eigenvalue weighted by Gasteiger charge is 2.20. The number of hydrogen-bond acceptors (Lipinski definition) is 5. The molecule has 1 atom stereocenters. The molecule has 1 aliphatic heterocycles. The summed E-state index contributed by atoms with van der Waals surface area (Å²) in [6, 6.07) is 2.33. The number of rotatable bonds is 6. The Kier molecular flexibility index (Phi) is 5.36. The average Bonchev–Trinajstić information content (AvgIpc) is 2.79. The minimum Gasteiger partial charge on any atom is -0.374 e. The van der Waals surface area contributed by atoms with Crippen LogP contribution in [0.15, 0.2) is 6.07 Å². The number of ether oxygens (including phenoxy) is 1.